The minimum absolute atomic E-state index is 0.00348. The molecule has 1 aromatic rings. The van der Waals surface area contributed by atoms with E-state index in [1.807, 2.05) is 0 Å². The van der Waals surface area contributed by atoms with E-state index in [1.54, 1.807) is 14.0 Å². The molecule has 0 bridgehead atoms. The number of halogens is 1. The molecule has 2 rings (SSSR count). The number of rotatable bonds is 4. The van der Waals surface area contributed by atoms with Crippen LogP contribution in [0.3, 0.4) is 0 Å². The minimum atomic E-state index is -3.66. The molecule has 4 nitrogen and oxygen atoms in total. The highest BCUT2D eigenvalue weighted by Gasteiger charge is 2.33. The Balaban J connectivity index is 2.20. The van der Waals surface area contributed by atoms with Crippen LogP contribution in [0.25, 0.3) is 0 Å². The van der Waals surface area contributed by atoms with Gasteiger partial charge in [0.15, 0.2) is 0 Å². The Bertz CT molecular complexity index is 609. The fraction of sp³-hybridized carbons (Fsp3) is 0.600. The second-order valence-corrected chi connectivity index (χ2v) is 8.14. The van der Waals surface area contributed by atoms with Crippen molar-refractivity contribution in [2.24, 2.45) is 5.41 Å². The Kier molecular flexibility index (Phi) is 4.70. The summed E-state index contributed by atoms with van der Waals surface area (Å²) in [6.45, 7) is 5.40. The SMILES string of the molecule is Cc1ccc(S(=O)(=O)N(C)CC2(C)CCOCC2)cc1F. The Morgan fingerprint density at radius 3 is 2.52 bits per heavy atom. The van der Waals surface area contributed by atoms with E-state index in [0.29, 0.717) is 25.3 Å². The van der Waals surface area contributed by atoms with Gasteiger partial charge in [-0.15, -0.1) is 0 Å². The van der Waals surface area contributed by atoms with Crippen LogP contribution in [-0.4, -0.2) is 39.5 Å². The van der Waals surface area contributed by atoms with E-state index in [-0.39, 0.29) is 10.3 Å². The molecule has 0 radical (unpaired) electrons. The average molecular weight is 315 g/mol. The first-order valence-electron chi connectivity index (χ1n) is 7.05. The molecule has 0 aliphatic carbocycles. The number of hydrogen-bond donors (Lipinski definition) is 0. The van der Waals surface area contributed by atoms with Gasteiger partial charge in [0.25, 0.3) is 0 Å². The van der Waals surface area contributed by atoms with Crippen molar-refractivity contribution in [3.05, 3.63) is 29.6 Å². The molecule has 21 heavy (non-hydrogen) atoms. The lowest BCUT2D eigenvalue weighted by Gasteiger charge is -2.36. The summed E-state index contributed by atoms with van der Waals surface area (Å²) in [4.78, 5) is 0.00348. The average Bonchev–Trinajstić information content (AvgIpc) is 2.42. The normalized spacial score (nSPS) is 18.9. The number of sulfonamides is 1. The highest BCUT2D eigenvalue weighted by atomic mass is 32.2. The van der Waals surface area contributed by atoms with Gasteiger partial charge < -0.3 is 4.74 Å². The first kappa shape index (κ1) is 16.4. The number of nitrogens with zero attached hydrogens (tertiary/aromatic N) is 1. The number of ether oxygens (including phenoxy) is 1. The van der Waals surface area contributed by atoms with Gasteiger partial charge in [-0.3, -0.25) is 0 Å². The zero-order valence-corrected chi connectivity index (χ0v) is 13.5. The minimum Gasteiger partial charge on any atom is -0.381 e. The van der Waals surface area contributed by atoms with Gasteiger partial charge >= 0.3 is 0 Å². The van der Waals surface area contributed by atoms with Gasteiger partial charge in [0.05, 0.1) is 4.90 Å². The van der Waals surface area contributed by atoms with Crippen molar-refractivity contribution in [1.29, 1.82) is 0 Å². The summed E-state index contributed by atoms with van der Waals surface area (Å²) in [5.41, 5.74) is 0.344. The van der Waals surface area contributed by atoms with Gasteiger partial charge in [-0.05, 0) is 42.9 Å². The third-order valence-electron chi connectivity index (χ3n) is 4.16. The lowest BCUT2D eigenvalue weighted by Crippen LogP contribution is -2.40. The summed E-state index contributed by atoms with van der Waals surface area (Å²) < 4.78 is 45.3. The van der Waals surface area contributed by atoms with Crippen LogP contribution in [0.5, 0.6) is 0 Å². The summed E-state index contributed by atoms with van der Waals surface area (Å²) >= 11 is 0. The second kappa shape index (κ2) is 6.02. The smallest absolute Gasteiger partial charge is 0.242 e. The van der Waals surface area contributed by atoms with Crippen molar-refractivity contribution in [3.63, 3.8) is 0 Å². The first-order valence-corrected chi connectivity index (χ1v) is 8.49. The number of hydrogen-bond acceptors (Lipinski definition) is 3. The Hall–Kier alpha value is -0.980. The zero-order chi connectivity index (χ0) is 15.7. The van der Waals surface area contributed by atoms with Gasteiger partial charge in [0.1, 0.15) is 5.82 Å². The van der Waals surface area contributed by atoms with E-state index in [0.717, 1.165) is 18.9 Å². The molecule has 1 aliphatic heterocycles. The molecule has 0 unspecified atom stereocenters. The van der Waals surface area contributed by atoms with Crippen LogP contribution in [0, 0.1) is 18.2 Å². The molecule has 0 N–H and O–H groups in total. The molecule has 1 aliphatic rings. The summed E-state index contributed by atoms with van der Waals surface area (Å²) in [7, 11) is -2.11. The summed E-state index contributed by atoms with van der Waals surface area (Å²) in [6.07, 6.45) is 1.66. The van der Waals surface area contributed by atoms with Crippen LogP contribution in [-0.2, 0) is 14.8 Å². The Labute approximate surface area is 126 Å². The van der Waals surface area contributed by atoms with Gasteiger partial charge in [0.2, 0.25) is 10.0 Å². The molecule has 6 heteroatoms. The fourth-order valence-corrected chi connectivity index (χ4v) is 3.89. The highest BCUT2D eigenvalue weighted by molar-refractivity contribution is 7.89. The third-order valence-corrected chi connectivity index (χ3v) is 5.96. The maximum atomic E-state index is 13.6. The molecule has 0 aromatic heterocycles. The molecule has 1 heterocycles. The monoisotopic (exact) mass is 315 g/mol. The van der Waals surface area contributed by atoms with Crippen molar-refractivity contribution >= 4 is 10.0 Å². The molecular weight excluding hydrogens is 293 g/mol. The number of benzene rings is 1. The second-order valence-electron chi connectivity index (χ2n) is 6.10. The predicted molar refractivity (Wildman–Crippen MR) is 79.1 cm³/mol. The standard InChI is InChI=1S/C15H22FNO3S/c1-12-4-5-13(10-14(12)16)21(18,19)17(3)11-15(2)6-8-20-9-7-15/h4-5,10H,6-9,11H2,1-3H3. The van der Waals surface area contributed by atoms with E-state index in [2.05, 4.69) is 6.92 Å². The maximum absolute atomic E-state index is 13.6. The topological polar surface area (TPSA) is 46.6 Å². The molecule has 1 fully saturated rings. The molecule has 0 saturated carbocycles. The summed E-state index contributed by atoms with van der Waals surface area (Å²) in [5, 5.41) is 0. The summed E-state index contributed by atoms with van der Waals surface area (Å²) in [5.74, 6) is -0.498. The molecule has 1 aromatic carbocycles. The first-order chi connectivity index (χ1) is 9.74. The predicted octanol–water partition coefficient (Wildman–Crippen LogP) is 2.57. The van der Waals surface area contributed by atoms with Crippen molar-refractivity contribution in [2.75, 3.05) is 26.8 Å². The lowest BCUT2D eigenvalue weighted by atomic mass is 9.82. The quantitative estimate of drug-likeness (QED) is 0.858. The van der Waals surface area contributed by atoms with Crippen LogP contribution in [0.2, 0.25) is 0 Å². The van der Waals surface area contributed by atoms with Crippen molar-refractivity contribution < 1.29 is 17.5 Å². The molecule has 1 saturated heterocycles. The molecular formula is C15H22FNO3S. The summed E-state index contributed by atoms with van der Waals surface area (Å²) in [6, 6.07) is 4.04. The molecule has 0 spiro atoms. The molecule has 0 amide bonds. The lowest BCUT2D eigenvalue weighted by molar-refractivity contribution is 0.0175. The van der Waals surface area contributed by atoms with E-state index in [4.69, 9.17) is 4.74 Å². The molecule has 118 valence electrons. The fourth-order valence-electron chi connectivity index (χ4n) is 2.56. The van der Waals surface area contributed by atoms with Gasteiger partial charge in [0, 0.05) is 26.8 Å². The zero-order valence-electron chi connectivity index (χ0n) is 12.7. The van der Waals surface area contributed by atoms with Crippen molar-refractivity contribution in [2.45, 2.75) is 31.6 Å². The highest BCUT2D eigenvalue weighted by Crippen LogP contribution is 2.32. The van der Waals surface area contributed by atoms with Gasteiger partial charge in [-0.25, -0.2) is 17.1 Å². The largest absolute Gasteiger partial charge is 0.381 e. The van der Waals surface area contributed by atoms with Crippen LogP contribution in [0.15, 0.2) is 23.1 Å². The van der Waals surface area contributed by atoms with Crippen molar-refractivity contribution in [3.8, 4) is 0 Å². The van der Waals surface area contributed by atoms with Gasteiger partial charge in [-0.1, -0.05) is 13.0 Å². The van der Waals surface area contributed by atoms with Gasteiger partial charge in [-0.2, -0.15) is 0 Å². The maximum Gasteiger partial charge on any atom is 0.242 e. The number of aryl methyl sites for hydroxylation is 1. The van der Waals surface area contributed by atoms with Crippen LogP contribution >= 0.6 is 0 Å². The van der Waals surface area contributed by atoms with E-state index in [1.165, 1.54) is 16.4 Å². The van der Waals surface area contributed by atoms with Crippen molar-refractivity contribution in [1.82, 2.24) is 4.31 Å². The van der Waals surface area contributed by atoms with Crippen LogP contribution < -0.4 is 0 Å². The Morgan fingerprint density at radius 2 is 1.95 bits per heavy atom. The van der Waals surface area contributed by atoms with E-state index < -0.39 is 15.8 Å². The van der Waals surface area contributed by atoms with Crippen LogP contribution in [0.4, 0.5) is 4.39 Å². The van der Waals surface area contributed by atoms with E-state index >= 15 is 0 Å². The van der Waals surface area contributed by atoms with E-state index in [9.17, 15) is 12.8 Å². The Morgan fingerprint density at radius 1 is 1.33 bits per heavy atom. The molecule has 0 atom stereocenters. The van der Waals surface area contributed by atoms with Crippen LogP contribution in [0.1, 0.15) is 25.3 Å². The third kappa shape index (κ3) is 3.62.